The molecule has 1 aromatic carbocycles. The highest BCUT2D eigenvalue weighted by Crippen LogP contribution is 2.12. The van der Waals surface area contributed by atoms with E-state index in [1.165, 1.54) is 70.6 Å². The molecule has 1 aromatic rings. The van der Waals surface area contributed by atoms with E-state index in [1.807, 2.05) is 0 Å². The van der Waals surface area contributed by atoms with Crippen molar-refractivity contribution in [1.82, 2.24) is 10.6 Å². The summed E-state index contributed by atoms with van der Waals surface area (Å²) in [4.78, 5) is 23.5. The van der Waals surface area contributed by atoms with E-state index in [0.29, 0.717) is 6.54 Å². The van der Waals surface area contributed by atoms with Gasteiger partial charge in [0.25, 0.3) is 0 Å². The zero-order valence-electron chi connectivity index (χ0n) is 18.2. The van der Waals surface area contributed by atoms with E-state index in [-0.39, 0.29) is 12.3 Å². The lowest BCUT2D eigenvalue weighted by Crippen LogP contribution is -2.39. The van der Waals surface area contributed by atoms with Crippen molar-refractivity contribution in [1.29, 1.82) is 0 Å². The fourth-order valence-electron chi connectivity index (χ4n) is 3.30. The zero-order chi connectivity index (χ0) is 21.2. The number of hydrogen-bond donors (Lipinski definition) is 3. The Morgan fingerprint density at radius 1 is 0.690 bits per heavy atom. The van der Waals surface area contributed by atoms with E-state index in [1.54, 1.807) is 24.3 Å². The van der Waals surface area contributed by atoms with Crippen LogP contribution in [0.1, 0.15) is 96.0 Å². The molecular formula is C24H40N2O3. The first-order chi connectivity index (χ1) is 14.1. The van der Waals surface area contributed by atoms with Gasteiger partial charge in [0.2, 0.25) is 0 Å². The maximum atomic E-state index is 11.8. The molecule has 0 fully saturated rings. The molecule has 1 rings (SSSR count). The average Bonchev–Trinajstić information content (AvgIpc) is 2.73. The second-order valence-electron chi connectivity index (χ2n) is 7.85. The van der Waals surface area contributed by atoms with Crippen LogP contribution < -0.4 is 10.6 Å². The van der Waals surface area contributed by atoms with E-state index in [0.717, 1.165) is 18.4 Å². The molecule has 0 saturated carbocycles. The molecule has 164 valence electrons. The fraction of sp³-hybridized carbons (Fsp3) is 0.667. The Balaban J connectivity index is 1.89. The maximum absolute atomic E-state index is 11.8. The van der Waals surface area contributed by atoms with Gasteiger partial charge in [-0.1, -0.05) is 96.1 Å². The van der Waals surface area contributed by atoms with Gasteiger partial charge < -0.3 is 15.7 Å². The van der Waals surface area contributed by atoms with Gasteiger partial charge in [0.15, 0.2) is 0 Å². The van der Waals surface area contributed by atoms with Crippen LogP contribution in [0.25, 0.3) is 0 Å². The molecule has 0 atom stereocenters. The van der Waals surface area contributed by atoms with Crippen LogP contribution in [0.5, 0.6) is 5.75 Å². The summed E-state index contributed by atoms with van der Waals surface area (Å²) < 4.78 is 0. The molecule has 0 saturated heterocycles. The molecule has 29 heavy (non-hydrogen) atoms. The van der Waals surface area contributed by atoms with E-state index in [9.17, 15) is 14.7 Å². The number of carbonyl (C=O) groups is 2. The Morgan fingerprint density at radius 3 is 1.66 bits per heavy atom. The Kier molecular flexibility index (Phi) is 14.5. The Hall–Kier alpha value is -2.04. The van der Waals surface area contributed by atoms with Crippen LogP contribution in [-0.4, -0.2) is 23.5 Å². The van der Waals surface area contributed by atoms with Crippen LogP contribution in [0, 0.1) is 0 Å². The largest absolute Gasteiger partial charge is 0.508 e. The maximum Gasteiger partial charge on any atom is 0.309 e. The van der Waals surface area contributed by atoms with Crippen LogP contribution in [-0.2, 0) is 16.1 Å². The zero-order valence-corrected chi connectivity index (χ0v) is 18.2. The second kappa shape index (κ2) is 16.9. The van der Waals surface area contributed by atoms with Crippen LogP contribution in [0.2, 0.25) is 0 Å². The third-order valence-electron chi connectivity index (χ3n) is 5.16. The van der Waals surface area contributed by atoms with Gasteiger partial charge >= 0.3 is 11.8 Å². The Bertz CT molecular complexity index is 558. The van der Waals surface area contributed by atoms with Crippen LogP contribution >= 0.6 is 0 Å². The van der Waals surface area contributed by atoms with Gasteiger partial charge in [0.1, 0.15) is 5.75 Å². The first-order valence-electron chi connectivity index (χ1n) is 11.5. The van der Waals surface area contributed by atoms with Gasteiger partial charge in [0.05, 0.1) is 0 Å². The number of unbranched alkanes of at least 4 members (excludes halogenated alkanes) is 12. The highest BCUT2D eigenvalue weighted by Gasteiger charge is 2.11. The van der Waals surface area contributed by atoms with Gasteiger partial charge in [-0.25, -0.2) is 0 Å². The van der Waals surface area contributed by atoms with Crippen molar-refractivity contribution in [2.75, 3.05) is 6.54 Å². The molecule has 3 N–H and O–H groups in total. The first-order valence-corrected chi connectivity index (χ1v) is 11.5. The molecule has 5 heteroatoms. The summed E-state index contributed by atoms with van der Waals surface area (Å²) in [6, 6.07) is 6.52. The second-order valence-corrected chi connectivity index (χ2v) is 7.85. The minimum Gasteiger partial charge on any atom is -0.508 e. The summed E-state index contributed by atoms with van der Waals surface area (Å²) in [7, 11) is 0. The standard InChI is InChI=1S/C24H40N2O3/c1-2-3-4-5-6-7-8-9-10-11-12-13-14-19-25-23(28)24(29)26-20-21-15-17-22(27)18-16-21/h15-18,27H,2-14,19-20H2,1H3,(H,25,28)(H,26,29). The number of rotatable bonds is 16. The summed E-state index contributed by atoms with van der Waals surface area (Å²) in [5, 5.41) is 14.5. The van der Waals surface area contributed by atoms with Crippen molar-refractivity contribution in [3.8, 4) is 5.75 Å². The molecule has 0 unspecified atom stereocenters. The topological polar surface area (TPSA) is 78.4 Å². The number of amides is 2. The number of phenols is 1. The number of benzene rings is 1. The molecule has 0 aliphatic rings. The van der Waals surface area contributed by atoms with Crippen molar-refractivity contribution < 1.29 is 14.7 Å². The minimum atomic E-state index is -0.618. The van der Waals surface area contributed by atoms with Gasteiger partial charge in [-0.3, -0.25) is 9.59 Å². The third kappa shape index (κ3) is 13.7. The molecule has 0 aliphatic heterocycles. The van der Waals surface area contributed by atoms with Crippen molar-refractivity contribution in [2.24, 2.45) is 0 Å². The smallest absolute Gasteiger partial charge is 0.309 e. The van der Waals surface area contributed by atoms with Gasteiger partial charge in [-0.15, -0.1) is 0 Å². The molecule has 0 spiro atoms. The summed E-state index contributed by atoms with van der Waals surface area (Å²) in [5.74, 6) is -1.02. The number of hydrogen-bond acceptors (Lipinski definition) is 3. The van der Waals surface area contributed by atoms with E-state index in [2.05, 4.69) is 17.6 Å². The molecule has 0 heterocycles. The number of carbonyl (C=O) groups excluding carboxylic acids is 2. The Labute approximate surface area is 176 Å². The highest BCUT2D eigenvalue weighted by molar-refractivity contribution is 6.35. The predicted octanol–water partition coefficient (Wildman–Crippen LogP) is 5.22. The average molecular weight is 405 g/mol. The van der Waals surface area contributed by atoms with Crippen LogP contribution in [0.15, 0.2) is 24.3 Å². The first kappa shape index (κ1) is 25.0. The molecule has 0 aliphatic carbocycles. The lowest BCUT2D eigenvalue weighted by molar-refractivity contribution is -0.139. The van der Waals surface area contributed by atoms with Gasteiger partial charge in [-0.05, 0) is 24.1 Å². The van der Waals surface area contributed by atoms with Gasteiger partial charge in [-0.2, -0.15) is 0 Å². The molecule has 0 bridgehead atoms. The fourth-order valence-corrected chi connectivity index (χ4v) is 3.30. The molecule has 0 aromatic heterocycles. The summed E-state index contributed by atoms with van der Waals surface area (Å²) in [5.41, 5.74) is 0.834. The molecule has 2 amide bonds. The quantitative estimate of drug-likeness (QED) is 0.261. The normalized spacial score (nSPS) is 10.7. The molecule has 0 radical (unpaired) electrons. The number of phenolic OH excluding ortho intramolecular Hbond substituents is 1. The number of nitrogens with one attached hydrogen (secondary N) is 2. The van der Waals surface area contributed by atoms with E-state index < -0.39 is 11.8 Å². The van der Waals surface area contributed by atoms with Crippen molar-refractivity contribution >= 4 is 11.8 Å². The SMILES string of the molecule is CCCCCCCCCCCCCCCNC(=O)C(=O)NCc1ccc(O)cc1. The predicted molar refractivity (Wildman–Crippen MR) is 119 cm³/mol. The van der Waals surface area contributed by atoms with Crippen molar-refractivity contribution in [3.63, 3.8) is 0 Å². The van der Waals surface area contributed by atoms with Crippen LogP contribution in [0.3, 0.4) is 0 Å². The van der Waals surface area contributed by atoms with Gasteiger partial charge in [0, 0.05) is 13.1 Å². The van der Waals surface area contributed by atoms with Crippen molar-refractivity contribution in [2.45, 2.75) is 96.9 Å². The summed E-state index contributed by atoms with van der Waals surface area (Å²) >= 11 is 0. The monoisotopic (exact) mass is 404 g/mol. The lowest BCUT2D eigenvalue weighted by atomic mass is 10.0. The lowest BCUT2D eigenvalue weighted by Gasteiger charge is -2.07. The molecule has 5 nitrogen and oxygen atoms in total. The number of aromatic hydroxyl groups is 1. The van der Waals surface area contributed by atoms with Crippen molar-refractivity contribution in [3.05, 3.63) is 29.8 Å². The van der Waals surface area contributed by atoms with E-state index >= 15 is 0 Å². The highest BCUT2D eigenvalue weighted by atomic mass is 16.3. The van der Waals surface area contributed by atoms with Crippen LogP contribution in [0.4, 0.5) is 0 Å². The Morgan fingerprint density at radius 2 is 1.14 bits per heavy atom. The third-order valence-corrected chi connectivity index (χ3v) is 5.16. The molecular weight excluding hydrogens is 364 g/mol. The van der Waals surface area contributed by atoms with E-state index in [4.69, 9.17) is 0 Å². The summed E-state index contributed by atoms with van der Waals surface area (Å²) in [6.45, 7) is 3.07. The summed E-state index contributed by atoms with van der Waals surface area (Å²) in [6.07, 6.45) is 16.7. The minimum absolute atomic E-state index is 0.177.